The van der Waals surface area contributed by atoms with E-state index in [1.807, 2.05) is 24.3 Å². The molecule has 0 spiro atoms. The smallest absolute Gasteiger partial charge is 0.151 e. The van der Waals surface area contributed by atoms with Gasteiger partial charge in [-0.15, -0.1) is 0 Å². The fourth-order valence-electron chi connectivity index (χ4n) is 2.11. The summed E-state index contributed by atoms with van der Waals surface area (Å²) in [6.45, 7) is 1.64. The number of nitrogens with one attached hydrogen (secondary N) is 1. The first-order chi connectivity index (χ1) is 8.95. The first-order valence-corrected chi connectivity index (χ1v) is 7.88. The summed E-state index contributed by atoms with van der Waals surface area (Å²) in [5.74, 6) is 5.55. The monoisotopic (exact) mass is 279 g/mol. The van der Waals surface area contributed by atoms with Crippen molar-refractivity contribution in [1.29, 1.82) is 0 Å². The highest BCUT2D eigenvalue weighted by molar-refractivity contribution is 7.91. The molecule has 0 bridgehead atoms. The van der Waals surface area contributed by atoms with Crippen molar-refractivity contribution in [1.82, 2.24) is 10.4 Å². The van der Waals surface area contributed by atoms with Crippen molar-refractivity contribution in [2.75, 3.05) is 6.26 Å². The summed E-state index contributed by atoms with van der Waals surface area (Å²) in [4.78, 5) is 4.16. The highest BCUT2D eigenvalue weighted by Gasteiger charge is 2.27. The molecule has 0 radical (unpaired) electrons. The molecule has 2 unspecified atom stereocenters. The summed E-state index contributed by atoms with van der Waals surface area (Å²) >= 11 is 0. The Kier molecular flexibility index (Phi) is 3.84. The van der Waals surface area contributed by atoms with Crippen molar-refractivity contribution >= 4 is 20.6 Å². The van der Waals surface area contributed by atoms with Crippen LogP contribution >= 0.6 is 0 Å². The molecule has 1 aromatic heterocycles. The van der Waals surface area contributed by atoms with E-state index in [9.17, 15) is 8.42 Å². The molecule has 6 heteroatoms. The van der Waals surface area contributed by atoms with E-state index < -0.39 is 21.1 Å². The van der Waals surface area contributed by atoms with Crippen LogP contribution in [0.1, 0.15) is 18.5 Å². The van der Waals surface area contributed by atoms with Gasteiger partial charge in [0.2, 0.25) is 0 Å². The van der Waals surface area contributed by atoms with Gasteiger partial charge in [0.15, 0.2) is 9.84 Å². The van der Waals surface area contributed by atoms with Crippen LogP contribution in [0, 0.1) is 0 Å². The highest BCUT2D eigenvalue weighted by atomic mass is 32.2. The van der Waals surface area contributed by atoms with Crippen molar-refractivity contribution in [3.63, 3.8) is 0 Å². The third-order valence-corrected chi connectivity index (χ3v) is 4.98. The van der Waals surface area contributed by atoms with Crippen LogP contribution in [0.5, 0.6) is 0 Å². The number of hydrogen-bond donors (Lipinski definition) is 2. The lowest BCUT2D eigenvalue weighted by Gasteiger charge is -2.23. The second-order valence-electron chi connectivity index (χ2n) is 4.63. The molecule has 0 aliphatic heterocycles. The van der Waals surface area contributed by atoms with Gasteiger partial charge in [-0.2, -0.15) is 0 Å². The maximum atomic E-state index is 11.7. The SMILES string of the molecule is CC(C(NN)c1cncc2ccccc12)S(C)(=O)=O. The molecule has 0 fully saturated rings. The Bertz CT molecular complexity index is 680. The number of aromatic nitrogens is 1. The molecule has 5 nitrogen and oxygen atoms in total. The topological polar surface area (TPSA) is 85.1 Å². The van der Waals surface area contributed by atoms with E-state index in [2.05, 4.69) is 10.4 Å². The zero-order valence-corrected chi connectivity index (χ0v) is 11.7. The lowest BCUT2D eigenvalue weighted by atomic mass is 10.0. The lowest BCUT2D eigenvalue weighted by molar-refractivity contribution is 0.515. The number of nitrogens with zero attached hydrogens (tertiary/aromatic N) is 1. The molecule has 0 saturated heterocycles. The Hall–Kier alpha value is -1.50. The molecule has 102 valence electrons. The summed E-state index contributed by atoms with van der Waals surface area (Å²) in [6.07, 6.45) is 4.62. The molecule has 1 aromatic carbocycles. The van der Waals surface area contributed by atoms with Gasteiger partial charge in [-0.3, -0.25) is 16.3 Å². The van der Waals surface area contributed by atoms with Gasteiger partial charge in [0.1, 0.15) is 0 Å². The molecule has 2 rings (SSSR count). The number of hydrogen-bond acceptors (Lipinski definition) is 5. The minimum atomic E-state index is -3.20. The van der Waals surface area contributed by atoms with Crippen LogP contribution in [0.15, 0.2) is 36.7 Å². The number of benzene rings is 1. The van der Waals surface area contributed by atoms with Gasteiger partial charge in [-0.05, 0) is 17.9 Å². The third-order valence-electron chi connectivity index (χ3n) is 3.36. The Labute approximate surface area is 112 Å². The molecule has 19 heavy (non-hydrogen) atoms. The zero-order valence-electron chi connectivity index (χ0n) is 10.9. The van der Waals surface area contributed by atoms with Crippen LogP contribution in [0.25, 0.3) is 10.8 Å². The average Bonchev–Trinajstić information content (AvgIpc) is 2.38. The Morgan fingerprint density at radius 1 is 1.26 bits per heavy atom. The summed E-state index contributed by atoms with van der Waals surface area (Å²) in [6, 6.07) is 7.20. The minimum absolute atomic E-state index is 0.492. The van der Waals surface area contributed by atoms with Crippen LogP contribution in [-0.2, 0) is 9.84 Å². The first-order valence-electron chi connectivity index (χ1n) is 5.93. The van der Waals surface area contributed by atoms with Crippen LogP contribution in [0.4, 0.5) is 0 Å². The van der Waals surface area contributed by atoms with Gasteiger partial charge in [-0.1, -0.05) is 24.3 Å². The Balaban J connectivity index is 2.59. The number of nitrogens with two attached hydrogens (primary N) is 1. The third kappa shape index (κ3) is 2.75. The van der Waals surface area contributed by atoms with Crippen molar-refractivity contribution in [3.05, 3.63) is 42.2 Å². The molecule has 0 aliphatic carbocycles. The summed E-state index contributed by atoms with van der Waals surface area (Å²) in [5, 5.41) is 1.28. The maximum Gasteiger partial charge on any atom is 0.151 e. The van der Waals surface area contributed by atoms with Crippen molar-refractivity contribution in [2.24, 2.45) is 5.84 Å². The Morgan fingerprint density at radius 2 is 1.95 bits per heavy atom. The number of fused-ring (bicyclic) bond motifs is 1. The second kappa shape index (κ2) is 5.24. The molecule has 1 heterocycles. The van der Waals surface area contributed by atoms with Gasteiger partial charge in [-0.25, -0.2) is 8.42 Å². The summed E-state index contributed by atoms with van der Waals surface area (Å²) in [7, 11) is -3.20. The lowest BCUT2D eigenvalue weighted by Crippen LogP contribution is -2.39. The van der Waals surface area contributed by atoms with Gasteiger partial charge < -0.3 is 0 Å². The molecule has 0 amide bonds. The highest BCUT2D eigenvalue weighted by Crippen LogP contribution is 2.27. The second-order valence-corrected chi connectivity index (χ2v) is 7.03. The van der Waals surface area contributed by atoms with Gasteiger partial charge in [0.25, 0.3) is 0 Å². The molecule has 2 aromatic rings. The molecule has 2 atom stereocenters. The molecular weight excluding hydrogens is 262 g/mol. The average molecular weight is 279 g/mol. The predicted octanol–water partition coefficient (Wildman–Crippen LogP) is 1.17. The van der Waals surface area contributed by atoms with Crippen molar-refractivity contribution < 1.29 is 8.42 Å². The largest absolute Gasteiger partial charge is 0.271 e. The van der Waals surface area contributed by atoms with Crippen molar-refractivity contribution in [3.8, 4) is 0 Å². The standard InChI is InChI=1S/C13H17N3O2S/c1-9(19(2,17)18)13(16-14)12-8-15-7-10-5-3-4-6-11(10)12/h3-9,13,16H,14H2,1-2H3. The van der Waals surface area contributed by atoms with Crippen molar-refractivity contribution in [2.45, 2.75) is 18.2 Å². The Morgan fingerprint density at radius 3 is 2.58 bits per heavy atom. The zero-order chi connectivity index (χ0) is 14.0. The number of hydrazine groups is 1. The fraction of sp³-hybridized carbons (Fsp3) is 0.308. The summed E-state index contributed by atoms with van der Waals surface area (Å²) in [5.41, 5.74) is 3.39. The number of pyridine rings is 1. The minimum Gasteiger partial charge on any atom is -0.271 e. The molecule has 0 saturated carbocycles. The van der Waals surface area contributed by atoms with Crippen LogP contribution in [-0.4, -0.2) is 24.9 Å². The fourth-order valence-corrected chi connectivity index (χ4v) is 2.83. The number of rotatable bonds is 4. The van der Waals surface area contributed by atoms with Crippen LogP contribution in [0.3, 0.4) is 0 Å². The molecule has 3 N–H and O–H groups in total. The maximum absolute atomic E-state index is 11.7. The summed E-state index contributed by atoms with van der Waals surface area (Å²) < 4.78 is 23.5. The molecular formula is C13H17N3O2S. The van der Waals surface area contributed by atoms with E-state index in [0.717, 1.165) is 16.3 Å². The predicted molar refractivity (Wildman–Crippen MR) is 76.1 cm³/mol. The molecule has 0 aliphatic rings. The van der Waals surface area contributed by atoms with Gasteiger partial charge >= 0.3 is 0 Å². The number of sulfone groups is 1. The normalized spacial score (nSPS) is 15.3. The van der Waals surface area contributed by atoms with E-state index in [4.69, 9.17) is 5.84 Å². The van der Waals surface area contributed by atoms with E-state index in [0.29, 0.717) is 0 Å². The van der Waals surface area contributed by atoms with Crippen LogP contribution in [0.2, 0.25) is 0 Å². The van der Waals surface area contributed by atoms with Crippen LogP contribution < -0.4 is 11.3 Å². The van der Waals surface area contributed by atoms with Gasteiger partial charge in [0, 0.05) is 24.0 Å². The first kappa shape index (κ1) is 13.9. The van der Waals surface area contributed by atoms with E-state index in [-0.39, 0.29) is 0 Å². The van der Waals surface area contributed by atoms with E-state index in [1.165, 1.54) is 6.26 Å². The van der Waals surface area contributed by atoms with Gasteiger partial charge in [0.05, 0.1) is 11.3 Å². The van der Waals surface area contributed by atoms with E-state index >= 15 is 0 Å². The van der Waals surface area contributed by atoms with E-state index in [1.54, 1.807) is 19.3 Å². The quantitative estimate of drug-likeness (QED) is 0.648.